The van der Waals surface area contributed by atoms with Gasteiger partial charge in [-0.1, -0.05) is 58.9 Å². The fraction of sp³-hybridized carbons (Fsp3) is 0.676. The maximum absolute atomic E-state index is 13.7. The van der Waals surface area contributed by atoms with Crippen LogP contribution in [0.25, 0.3) is 10.9 Å². The van der Waals surface area contributed by atoms with Gasteiger partial charge in [-0.25, -0.2) is 14.6 Å². The highest BCUT2D eigenvalue weighted by atomic mass is 16.5. The molecule has 3 N–H and O–H groups in total. The molecule has 5 rings (SSSR count). The number of rotatable bonds is 17. The lowest BCUT2D eigenvalue weighted by molar-refractivity contribution is -0.150. The topological polar surface area (TPSA) is 151 Å². The van der Waals surface area contributed by atoms with Crippen LogP contribution in [0.15, 0.2) is 18.2 Å². The number of hydrogen-bond acceptors (Lipinski definition) is 8. The number of aromatic nitrogens is 1. The molecule has 3 atom stereocenters. The Morgan fingerprint density at radius 3 is 2.47 bits per heavy atom. The van der Waals surface area contributed by atoms with E-state index in [1.165, 1.54) is 43.4 Å². The van der Waals surface area contributed by atoms with Gasteiger partial charge in [0.05, 0.1) is 25.8 Å². The van der Waals surface area contributed by atoms with Crippen molar-refractivity contribution in [2.24, 2.45) is 11.3 Å². The van der Waals surface area contributed by atoms with Crippen molar-refractivity contribution < 1.29 is 38.8 Å². The van der Waals surface area contributed by atoms with Gasteiger partial charge in [-0.15, -0.1) is 0 Å². The molecule has 2 aliphatic heterocycles. The highest BCUT2D eigenvalue weighted by Gasteiger charge is 2.46. The summed E-state index contributed by atoms with van der Waals surface area (Å²) in [7, 11) is 1.59. The number of hydrogen-bond donors (Lipinski definition) is 3. The van der Waals surface area contributed by atoms with E-state index >= 15 is 0 Å². The molecule has 1 unspecified atom stereocenters. The minimum absolute atomic E-state index is 0.0256. The quantitative estimate of drug-likeness (QED) is 0.176. The highest BCUT2D eigenvalue weighted by molar-refractivity contribution is 5.92. The van der Waals surface area contributed by atoms with E-state index in [2.05, 4.69) is 10.2 Å². The summed E-state index contributed by atoms with van der Waals surface area (Å²) < 4.78 is 18.9. The van der Waals surface area contributed by atoms with E-state index in [9.17, 15) is 24.6 Å². The zero-order valence-corrected chi connectivity index (χ0v) is 29.5. The molecule has 3 aliphatic rings. The number of fused-ring (bicyclic) bond motifs is 1. The molecule has 1 saturated carbocycles. The lowest BCUT2D eigenvalue weighted by Crippen LogP contribution is -2.56. The second-order valence-electron chi connectivity index (χ2n) is 14.9. The van der Waals surface area contributed by atoms with E-state index in [0.29, 0.717) is 35.9 Å². The number of carboxylic acids is 1. The zero-order chi connectivity index (χ0) is 35.1. The maximum Gasteiger partial charge on any atom is 0.405 e. The van der Waals surface area contributed by atoms with Crippen LogP contribution in [0, 0.1) is 11.3 Å². The van der Waals surface area contributed by atoms with E-state index in [1.54, 1.807) is 27.9 Å². The normalized spacial score (nSPS) is 20.4. The molecule has 0 bridgehead atoms. The summed E-state index contributed by atoms with van der Waals surface area (Å²) in [6.45, 7) is 8.94. The Hall–Kier alpha value is -3.80. The molecule has 1 aromatic carbocycles. The monoisotopic (exact) mass is 682 g/mol. The van der Waals surface area contributed by atoms with Gasteiger partial charge in [0.25, 0.3) is 0 Å². The van der Waals surface area contributed by atoms with Crippen LogP contribution in [0.4, 0.5) is 4.79 Å². The molecule has 2 saturated heterocycles. The van der Waals surface area contributed by atoms with E-state index in [4.69, 9.17) is 19.2 Å². The number of para-hydroxylation sites is 1. The molecule has 3 fully saturated rings. The number of nitrogens with one attached hydrogen (secondary N) is 1. The number of amides is 2. The first-order chi connectivity index (χ1) is 23.5. The Bertz CT molecular complexity index is 1470. The molecule has 2 amide bonds. The summed E-state index contributed by atoms with van der Waals surface area (Å²) in [4.78, 5) is 46.5. The zero-order valence-electron chi connectivity index (χ0n) is 29.5. The van der Waals surface area contributed by atoms with Gasteiger partial charge in [-0.2, -0.15) is 0 Å². The van der Waals surface area contributed by atoms with Gasteiger partial charge in [-0.3, -0.25) is 4.79 Å². The molecule has 3 heterocycles. The minimum Gasteiger partial charge on any atom is -0.494 e. The van der Waals surface area contributed by atoms with E-state index < -0.39 is 41.6 Å². The van der Waals surface area contributed by atoms with Gasteiger partial charge in [0, 0.05) is 18.4 Å². The standard InChI is InChI=1S/C37H54N4O8/c1-37(2,3)32(39-36(45)46)34(42)41-23-25(22-28(41)35(43)44)49-33-27(13-7-5-6-12-24-16-17-24)31(48-21-11-20-40-18-8-9-19-40)26-14-10-15-29(47-4)30(26)38-33/h10,14-15,24-25,28,32,39H,5-9,11-13,16-23H2,1-4H3,(H,43,44)(H,45,46)/t25?,28-,32+/m0/s1. The molecule has 12 nitrogen and oxygen atoms in total. The molecule has 1 aliphatic carbocycles. The minimum atomic E-state index is -1.35. The first-order valence-electron chi connectivity index (χ1n) is 18.0. The second-order valence-corrected chi connectivity index (χ2v) is 14.9. The van der Waals surface area contributed by atoms with E-state index in [-0.39, 0.29) is 13.0 Å². The maximum atomic E-state index is 13.7. The number of nitrogens with zero attached hydrogens (tertiary/aromatic N) is 3. The number of carboxylic acid groups (broad SMARTS) is 2. The third kappa shape index (κ3) is 9.46. The Morgan fingerprint density at radius 1 is 1.06 bits per heavy atom. The van der Waals surface area contributed by atoms with Crippen LogP contribution in [-0.2, 0) is 16.0 Å². The third-order valence-electron chi connectivity index (χ3n) is 10.00. The van der Waals surface area contributed by atoms with Gasteiger partial charge in [0.1, 0.15) is 35.2 Å². The number of ether oxygens (including phenoxy) is 3. The number of carbonyl (C=O) groups excluding carboxylic acids is 1. The lowest BCUT2D eigenvalue weighted by atomic mass is 9.85. The number of benzene rings is 1. The Labute approximate surface area is 289 Å². The van der Waals surface area contributed by atoms with Crippen molar-refractivity contribution in [1.29, 1.82) is 0 Å². The van der Waals surface area contributed by atoms with Crippen LogP contribution in [0.2, 0.25) is 0 Å². The average molecular weight is 683 g/mol. The van der Waals surface area contributed by atoms with Crippen molar-refractivity contribution in [3.63, 3.8) is 0 Å². The molecule has 270 valence electrons. The van der Waals surface area contributed by atoms with Crippen LogP contribution in [0.1, 0.15) is 90.5 Å². The second kappa shape index (κ2) is 16.3. The van der Waals surface area contributed by atoms with E-state index in [1.807, 2.05) is 18.2 Å². The van der Waals surface area contributed by atoms with Gasteiger partial charge in [0.2, 0.25) is 11.8 Å². The van der Waals surface area contributed by atoms with Crippen LogP contribution >= 0.6 is 0 Å². The fourth-order valence-corrected chi connectivity index (χ4v) is 7.14. The predicted molar refractivity (Wildman–Crippen MR) is 186 cm³/mol. The summed E-state index contributed by atoms with van der Waals surface area (Å²) in [6, 6.07) is 3.43. The molecule has 12 heteroatoms. The average Bonchev–Trinajstić information content (AvgIpc) is 3.53. The lowest BCUT2D eigenvalue weighted by Gasteiger charge is -2.34. The molecular formula is C37H54N4O8. The number of unbranched alkanes of at least 4 members (excludes halogenated alkanes) is 2. The Kier molecular flexibility index (Phi) is 12.1. The van der Waals surface area contributed by atoms with Crippen LogP contribution in [-0.4, -0.2) is 101 Å². The highest BCUT2D eigenvalue weighted by Crippen LogP contribution is 2.41. The van der Waals surface area contributed by atoms with Crippen LogP contribution in [0.5, 0.6) is 17.4 Å². The summed E-state index contributed by atoms with van der Waals surface area (Å²) in [5.74, 6) is 0.740. The molecule has 1 aromatic heterocycles. The number of carbonyl (C=O) groups is 3. The number of methoxy groups -OCH3 is 1. The smallest absolute Gasteiger partial charge is 0.405 e. The van der Waals surface area contributed by atoms with Crippen molar-refractivity contribution in [2.75, 3.05) is 39.9 Å². The summed E-state index contributed by atoms with van der Waals surface area (Å²) in [5, 5.41) is 22.8. The Balaban J connectivity index is 1.44. The first kappa shape index (κ1) is 36.5. The van der Waals surface area contributed by atoms with Gasteiger partial charge < -0.3 is 39.5 Å². The summed E-state index contributed by atoms with van der Waals surface area (Å²) in [6.07, 6.45) is 9.11. The van der Waals surface area contributed by atoms with Crippen molar-refractivity contribution in [2.45, 2.75) is 110 Å². The van der Waals surface area contributed by atoms with E-state index in [0.717, 1.165) is 55.8 Å². The fourth-order valence-electron chi connectivity index (χ4n) is 7.14. The number of pyridine rings is 1. The number of aliphatic carboxylic acids is 1. The molecule has 0 radical (unpaired) electrons. The van der Waals surface area contributed by atoms with Gasteiger partial charge >= 0.3 is 12.1 Å². The number of likely N-dealkylation sites (tertiary alicyclic amines) is 2. The SMILES string of the molecule is COc1cccc2c(OCCCN3CCCC3)c(CCCCCC3CC3)c(OC3C[C@@H](C(=O)O)N(C(=O)[C@@H](NC(=O)O)C(C)(C)C)C3)nc12. The summed E-state index contributed by atoms with van der Waals surface area (Å²) in [5.41, 5.74) is 0.637. The molecule has 2 aromatic rings. The summed E-state index contributed by atoms with van der Waals surface area (Å²) >= 11 is 0. The van der Waals surface area contributed by atoms with Crippen molar-refractivity contribution >= 4 is 28.9 Å². The van der Waals surface area contributed by atoms with Crippen LogP contribution in [0.3, 0.4) is 0 Å². The third-order valence-corrected chi connectivity index (χ3v) is 10.00. The Morgan fingerprint density at radius 2 is 1.82 bits per heavy atom. The van der Waals surface area contributed by atoms with Crippen LogP contribution < -0.4 is 19.5 Å². The predicted octanol–water partition coefficient (Wildman–Crippen LogP) is 5.74. The van der Waals surface area contributed by atoms with Crippen molar-refractivity contribution in [3.05, 3.63) is 23.8 Å². The molecular weight excluding hydrogens is 628 g/mol. The first-order valence-corrected chi connectivity index (χ1v) is 18.0. The van der Waals surface area contributed by atoms with Crippen molar-refractivity contribution in [1.82, 2.24) is 20.1 Å². The molecule has 0 spiro atoms. The van der Waals surface area contributed by atoms with Crippen molar-refractivity contribution in [3.8, 4) is 17.4 Å². The molecule has 49 heavy (non-hydrogen) atoms. The van der Waals surface area contributed by atoms with Gasteiger partial charge in [0.15, 0.2) is 0 Å². The van der Waals surface area contributed by atoms with Gasteiger partial charge in [-0.05, 0) is 68.7 Å². The largest absolute Gasteiger partial charge is 0.494 e.